The summed E-state index contributed by atoms with van der Waals surface area (Å²) in [6.45, 7) is 1.83. The second kappa shape index (κ2) is 6.60. The van der Waals surface area contributed by atoms with E-state index in [9.17, 15) is 13.8 Å². The fourth-order valence-electron chi connectivity index (χ4n) is 1.17. The fraction of sp³-hybridized carbons (Fsp3) is 0.500. The molecule has 0 fully saturated rings. The summed E-state index contributed by atoms with van der Waals surface area (Å²) in [5, 5.41) is 3.38. The smallest absolute Gasteiger partial charge is 0.358 e. The number of hydrogen-bond acceptors (Lipinski definition) is 7. The molecule has 1 atom stereocenters. The number of rotatable bonds is 6. The second-order valence-corrected chi connectivity index (χ2v) is 6.00. The van der Waals surface area contributed by atoms with Crippen LogP contribution in [0, 0.1) is 0 Å². The van der Waals surface area contributed by atoms with E-state index in [-0.39, 0.29) is 16.4 Å². The van der Waals surface area contributed by atoms with Crippen molar-refractivity contribution < 1.29 is 18.5 Å². The largest absolute Gasteiger partial charge is 0.464 e. The predicted molar refractivity (Wildman–Crippen MR) is 70.9 cm³/mol. The highest BCUT2D eigenvalue weighted by atomic mass is 32.2. The number of thiazole rings is 1. The number of ketones is 1. The monoisotopic (exact) mass is 290 g/mol. The topological polar surface area (TPSA) is 85.4 Å². The van der Waals surface area contributed by atoms with Crippen LogP contribution in [0.3, 0.4) is 0 Å². The van der Waals surface area contributed by atoms with Crippen molar-refractivity contribution in [3.05, 3.63) is 10.6 Å². The Kier molecular flexibility index (Phi) is 5.42. The van der Waals surface area contributed by atoms with Gasteiger partial charge in [-0.3, -0.25) is 9.00 Å². The molecule has 0 amide bonds. The molecule has 100 valence electrons. The number of nitrogens with one attached hydrogen (secondary N) is 1. The van der Waals surface area contributed by atoms with Gasteiger partial charge in [0.1, 0.15) is 4.88 Å². The molecule has 1 N–H and O–H groups in total. The molecule has 0 aliphatic rings. The minimum absolute atomic E-state index is 0.0233. The first-order valence-corrected chi connectivity index (χ1v) is 7.64. The summed E-state index contributed by atoms with van der Waals surface area (Å²) in [5.41, 5.74) is 0.0233. The van der Waals surface area contributed by atoms with Crippen LogP contribution in [0.25, 0.3) is 0 Å². The van der Waals surface area contributed by atoms with Crippen molar-refractivity contribution in [2.24, 2.45) is 0 Å². The molecule has 1 heterocycles. The Balaban J connectivity index is 2.85. The van der Waals surface area contributed by atoms with Crippen molar-refractivity contribution in [3.63, 3.8) is 0 Å². The van der Waals surface area contributed by atoms with E-state index in [0.717, 1.165) is 11.3 Å². The van der Waals surface area contributed by atoms with Crippen LogP contribution in [0.15, 0.2) is 0 Å². The van der Waals surface area contributed by atoms with Crippen LogP contribution in [0.4, 0.5) is 5.13 Å². The van der Waals surface area contributed by atoms with Gasteiger partial charge in [0.15, 0.2) is 16.6 Å². The van der Waals surface area contributed by atoms with E-state index in [0.29, 0.717) is 17.4 Å². The number of aromatic nitrogens is 1. The Bertz CT molecular complexity index is 484. The average molecular weight is 290 g/mol. The van der Waals surface area contributed by atoms with Gasteiger partial charge in [0.2, 0.25) is 0 Å². The minimum atomic E-state index is -0.901. The molecule has 0 bridgehead atoms. The van der Waals surface area contributed by atoms with E-state index in [1.165, 1.54) is 14.0 Å². The van der Waals surface area contributed by atoms with Gasteiger partial charge >= 0.3 is 5.97 Å². The molecule has 6 nitrogen and oxygen atoms in total. The zero-order valence-electron chi connectivity index (χ0n) is 10.3. The van der Waals surface area contributed by atoms with Crippen LogP contribution >= 0.6 is 11.3 Å². The van der Waals surface area contributed by atoms with Gasteiger partial charge in [0.05, 0.1) is 7.11 Å². The summed E-state index contributed by atoms with van der Waals surface area (Å²) >= 11 is 1.09. The maximum atomic E-state index is 11.4. The Morgan fingerprint density at radius 3 is 2.67 bits per heavy atom. The lowest BCUT2D eigenvalue weighted by atomic mass is 10.3. The Morgan fingerprint density at radius 2 is 2.17 bits per heavy atom. The number of carbonyl (C=O) groups excluding carboxylic acids is 2. The molecule has 0 radical (unpaired) electrons. The molecule has 18 heavy (non-hydrogen) atoms. The fourth-order valence-corrected chi connectivity index (χ4v) is 2.43. The summed E-state index contributed by atoms with van der Waals surface area (Å²) in [4.78, 5) is 27.1. The van der Waals surface area contributed by atoms with Crippen LogP contribution in [0.2, 0.25) is 0 Å². The van der Waals surface area contributed by atoms with Crippen molar-refractivity contribution >= 4 is 39.0 Å². The highest BCUT2D eigenvalue weighted by Gasteiger charge is 2.21. The normalized spacial score (nSPS) is 11.9. The van der Waals surface area contributed by atoms with Gasteiger partial charge in [-0.2, -0.15) is 0 Å². The van der Waals surface area contributed by atoms with E-state index in [2.05, 4.69) is 15.0 Å². The molecule has 1 aromatic heterocycles. The number of nitrogens with zero attached hydrogens (tertiary/aromatic N) is 1. The zero-order valence-corrected chi connectivity index (χ0v) is 11.9. The third kappa shape index (κ3) is 3.88. The summed E-state index contributed by atoms with van der Waals surface area (Å²) in [7, 11) is 0.334. The lowest BCUT2D eigenvalue weighted by molar-refractivity contribution is 0.0591. The van der Waals surface area contributed by atoms with Crippen LogP contribution in [-0.4, -0.2) is 46.6 Å². The van der Waals surface area contributed by atoms with Crippen molar-refractivity contribution in [3.8, 4) is 0 Å². The van der Waals surface area contributed by atoms with Crippen molar-refractivity contribution in [1.29, 1.82) is 0 Å². The molecule has 0 saturated carbocycles. The van der Waals surface area contributed by atoms with Crippen LogP contribution in [-0.2, 0) is 15.5 Å². The van der Waals surface area contributed by atoms with E-state index < -0.39 is 16.8 Å². The van der Waals surface area contributed by atoms with Gasteiger partial charge in [-0.1, -0.05) is 11.3 Å². The third-order valence-electron chi connectivity index (χ3n) is 1.99. The van der Waals surface area contributed by atoms with Gasteiger partial charge in [-0.15, -0.1) is 0 Å². The molecular formula is C10H14N2O4S2. The predicted octanol–water partition coefficient (Wildman–Crippen LogP) is 0.923. The summed E-state index contributed by atoms with van der Waals surface area (Å²) < 4.78 is 15.5. The molecule has 1 unspecified atom stereocenters. The number of ether oxygens (including phenoxy) is 1. The van der Waals surface area contributed by atoms with Gasteiger partial charge in [0, 0.05) is 36.3 Å². The van der Waals surface area contributed by atoms with Crippen molar-refractivity contribution in [2.75, 3.05) is 31.0 Å². The second-order valence-electron chi connectivity index (χ2n) is 3.45. The lowest BCUT2D eigenvalue weighted by Gasteiger charge is -1.99. The Morgan fingerprint density at radius 1 is 1.50 bits per heavy atom. The first kappa shape index (κ1) is 14.8. The molecule has 0 aromatic carbocycles. The number of methoxy groups -OCH3 is 1. The SMILES string of the molecule is COC(=O)c1nc(NCCS(C)=O)sc1C(C)=O. The third-order valence-corrected chi connectivity index (χ3v) is 3.88. The Hall–Kier alpha value is -1.28. The molecule has 0 aliphatic carbocycles. The first-order valence-electron chi connectivity index (χ1n) is 5.09. The summed E-state index contributed by atoms with van der Waals surface area (Å²) in [6, 6.07) is 0. The Labute approximate surface area is 111 Å². The average Bonchev–Trinajstić information content (AvgIpc) is 2.72. The minimum Gasteiger partial charge on any atom is -0.464 e. The number of esters is 1. The van der Waals surface area contributed by atoms with Crippen molar-refractivity contribution in [1.82, 2.24) is 4.98 Å². The van der Waals surface area contributed by atoms with E-state index in [1.54, 1.807) is 6.26 Å². The molecular weight excluding hydrogens is 276 g/mol. The van der Waals surface area contributed by atoms with Gasteiger partial charge < -0.3 is 10.1 Å². The first-order chi connectivity index (χ1) is 8.45. The van der Waals surface area contributed by atoms with Crippen molar-refractivity contribution in [2.45, 2.75) is 6.92 Å². The van der Waals surface area contributed by atoms with Crippen LogP contribution < -0.4 is 5.32 Å². The van der Waals surface area contributed by atoms with Gasteiger partial charge in [-0.25, -0.2) is 9.78 Å². The number of Topliss-reactive ketones (excluding diaryl/α,β-unsaturated/α-hetero) is 1. The highest BCUT2D eigenvalue weighted by molar-refractivity contribution is 7.84. The number of hydrogen-bond donors (Lipinski definition) is 1. The van der Waals surface area contributed by atoms with Gasteiger partial charge in [0.25, 0.3) is 0 Å². The van der Waals surface area contributed by atoms with Gasteiger partial charge in [-0.05, 0) is 0 Å². The zero-order chi connectivity index (χ0) is 13.7. The van der Waals surface area contributed by atoms with E-state index in [4.69, 9.17) is 0 Å². The van der Waals surface area contributed by atoms with Crippen LogP contribution in [0.1, 0.15) is 27.1 Å². The maximum absolute atomic E-state index is 11.4. The molecule has 1 rings (SSSR count). The molecule has 1 aromatic rings. The highest BCUT2D eigenvalue weighted by Crippen LogP contribution is 2.24. The molecule has 0 saturated heterocycles. The maximum Gasteiger partial charge on any atom is 0.358 e. The molecule has 8 heteroatoms. The molecule has 0 spiro atoms. The quantitative estimate of drug-likeness (QED) is 0.619. The van der Waals surface area contributed by atoms with E-state index >= 15 is 0 Å². The summed E-state index contributed by atoms with van der Waals surface area (Å²) in [6.07, 6.45) is 1.60. The summed E-state index contributed by atoms with van der Waals surface area (Å²) in [5.74, 6) is -0.397. The standard InChI is InChI=1S/C10H14N2O4S2/c1-6(13)8-7(9(14)16-2)12-10(17-8)11-4-5-18(3)15/h4-5H2,1-3H3,(H,11,12). The van der Waals surface area contributed by atoms with Crippen LogP contribution in [0.5, 0.6) is 0 Å². The number of carbonyl (C=O) groups is 2. The van der Waals surface area contributed by atoms with E-state index in [1.807, 2.05) is 0 Å². The molecule has 0 aliphatic heterocycles. The number of anilines is 1. The lowest BCUT2D eigenvalue weighted by Crippen LogP contribution is -2.10.